The Bertz CT molecular complexity index is 425. The average Bonchev–Trinajstić information content (AvgIpc) is 2.45. The molecule has 0 aromatic heterocycles. The normalized spacial score (nSPS) is 13.2. The zero-order valence-corrected chi connectivity index (χ0v) is 16.5. The van der Waals surface area contributed by atoms with E-state index in [0.29, 0.717) is 24.6 Å². The van der Waals surface area contributed by atoms with Gasteiger partial charge in [0, 0.05) is 44.0 Å². The molecule has 0 aliphatic carbocycles. The Balaban J connectivity index is 4.30. The molecule has 0 aromatic carbocycles. The Kier molecular flexibility index (Phi) is 11.3. The Morgan fingerprint density at radius 1 is 1.09 bits per heavy atom. The number of hydrogen-bond acceptors (Lipinski definition) is 4. The number of sulfone groups is 1. The Hall–Kier alpha value is -0.820. The lowest BCUT2D eigenvalue weighted by Crippen LogP contribution is -2.40. The quantitative estimate of drug-likeness (QED) is 0.336. The van der Waals surface area contributed by atoms with Gasteiger partial charge in [0.1, 0.15) is 0 Å². The Morgan fingerprint density at radius 2 is 1.70 bits per heavy atom. The maximum Gasteiger partial charge on any atom is 0.191 e. The minimum atomic E-state index is -2.94. The molecule has 7 heteroatoms. The molecular weight excluding hydrogens is 312 g/mol. The Labute approximate surface area is 143 Å². The molecule has 6 nitrogen and oxygen atoms in total. The first kappa shape index (κ1) is 22.2. The van der Waals surface area contributed by atoms with Gasteiger partial charge in [-0.2, -0.15) is 0 Å². The zero-order valence-electron chi connectivity index (χ0n) is 15.7. The second kappa shape index (κ2) is 11.7. The molecule has 0 atom stereocenters. The van der Waals surface area contributed by atoms with Crippen molar-refractivity contribution >= 4 is 15.8 Å². The van der Waals surface area contributed by atoms with Crippen molar-refractivity contribution in [2.24, 2.45) is 4.99 Å². The molecule has 0 aromatic rings. The van der Waals surface area contributed by atoms with E-state index in [2.05, 4.69) is 48.2 Å². The molecule has 0 heterocycles. The fourth-order valence-corrected chi connectivity index (χ4v) is 3.07. The molecule has 23 heavy (non-hydrogen) atoms. The fourth-order valence-electron chi connectivity index (χ4n) is 2.37. The Morgan fingerprint density at radius 3 is 2.17 bits per heavy atom. The molecule has 0 saturated carbocycles. The van der Waals surface area contributed by atoms with E-state index in [9.17, 15) is 8.42 Å². The summed E-state index contributed by atoms with van der Waals surface area (Å²) in [5.41, 5.74) is 0. The van der Waals surface area contributed by atoms with Crippen LogP contribution in [0, 0.1) is 0 Å². The van der Waals surface area contributed by atoms with E-state index in [0.717, 1.165) is 26.1 Å². The SMILES string of the molecule is CCNC(=NCCCN(C(C)C)C(C)C)NCCS(=O)(=O)CC. The van der Waals surface area contributed by atoms with Gasteiger partial charge in [0.25, 0.3) is 0 Å². The van der Waals surface area contributed by atoms with Crippen molar-refractivity contribution in [3.05, 3.63) is 0 Å². The highest BCUT2D eigenvalue weighted by atomic mass is 32.2. The van der Waals surface area contributed by atoms with Crippen LogP contribution in [-0.2, 0) is 9.84 Å². The van der Waals surface area contributed by atoms with Crippen LogP contribution in [0.2, 0.25) is 0 Å². The largest absolute Gasteiger partial charge is 0.357 e. The van der Waals surface area contributed by atoms with Gasteiger partial charge in [-0.05, 0) is 41.0 Å². The van der Waals surface area contributed by atoms with E-state index in [-0.39, 0.29) is 11.5 Å². The molecule has 0 unspecified atom stereocenters. The monoisotopic (exact) mass is 348 g/mol. The van der Waals surface area contributed by atoms with Gasteiger partial charge in [-0.3, -0.25) is 9.89 Å². The van der Waals surface area contributed by atoms with Crippen molar-refractivity contribution < 1.29 is 8.42 Å². The lowest BCUT2D eigenvalue weighted by molar-refractivity contribution is 0.174. The first-order chi connectivity index (χ1) is 10.7. The molecule has 138 valence electrons. The number of aliphatic imine (C=N–C) groups is 1. The molecule has 2 N–H and O–H groups in total. The van der Waals surface area contributed by atoms with Gasteiger partial charge in [-0.25, -0.2) is 8.42 Å². The average molecular weight is 349 g/mol. The summed E-state index contributed by atoms with van der Waals surface area (Å²) in [5.74, 6) is 1.02. The van der Waals surface area contributed by atoms with Crippen LogP contribution in [-0.4, -0.2) is 69.0 Å². The van der Waals surface area contributed by atoms with Gasteiger partial charge in [0.05, 0.1) is 5.75 Å². The van der Waals surface area contributed by atoms with E-state index >= 15 is 0 Å². The van der Waals surface area contributed by atoms with Crippen molar-refractivity contribution in [2.45, 2.75) is 60.0 Å². The summed E-state index contributed by atoms with van der Waals surface area (Å²) in [6.07, 6.45) is 0.986. The molecule has 0 bridgehead atoms. The van der Waals surface area contributed by atoms with Crippen LogP contribution in [0.15, 0.2) is 4.99 Å². The first-order valence-electron chi connectivity index (χ1n) is 8.71. The lowest BCUT2D eigenvalue weighted by Gasteiger charge is -2.30. The van der Waals surface area contributed by atoms with E-state index < -0.39 is 9.84 Å². The zero-order chi connectivity index (χ0) is 17.9. The van der Waals surface area contributed by atoms with Crippen LogP contribution in [0.25, 0.3) is 0 Å². The second-order valence-corrected chi connectivity index (χ2v) is 8.68. The third-order valence-corrected chi connectivity index (χ3v) is 5.37. The van der Waals surface area contributed by atoms with Gasteiger partial charge < -0.3 is 10.6 Å². The first-order valence-corrected chi connectivity index (χ1v) is 10.5. The highest BCUT2D eigenvalue weighted by molar-refractivity contribution is 7.91. The van der Waals surface area contributed by atoms with E-state index in [1.165, 1.54) is 0 Å². The molecule has 0 fully saturated rings. The molecule has 0 rings (SSSR count). The second-order valence-electron chi connectivity index (χ2n) is 6.20. The highest BCUT2D eigenvalue weighted by Crippen LogP contribution is 2.05. The van der Waals surface area contributed by atoms with Gasteiger partial charge in [-0.1, -0.05) is 6.92 Å². The lowest BCUT2D eigenvalue weighted by atomic mass is 10.2. The van der Waals surface area contributed by atoms with Crippen LogP contribution < -0.4 is 10.6 Å². The van der Waals surface area contributed by atoms with E-state index in [4.69, 9.17) is 0 Å². The van der Waals surface area contributed by atoms with Crippen molar-refractivity contribution in [1.82, 2.24) is 15.5 Å². The summed E-state index contributed by atoms with van der Waals surface area (Å²) in [6, 6.07) is 1.06. The maximum absolute atomic E-state index is 11.5. The molecule has 0 aliphatic rings. The van der Waals surface area contributed by atoms with Crippen LogP contribution >= 0.6 is 0 Å². The van der Waals surface area contributed by atoms with Gasteiger partial charge in [0.15, 0.2) is 15.8 Å². The van der Waals surface area contributed by atoms with Crippen molar-refractivity contribution in [1.29, 1.82) is 0 Å². The van der Waals surface area contributed by atoms with Crippen LogP contribution in [0.5, 0.6) is 0 Å². The fraction of sp³-hybridized carbons (Fsp3) is 0.938. The topological polar surface area (TPSA) is 73.8 Å². The standard InChI is InChI=1S/C16H36N4O2S/c1-7-17-16(19-11-13-23(21,22)8-2)18-10-9-12-20(14(3)4)15(5)6/h14-15H,7-13H2,1-6H3,(H2,17,18,19). The summed E-state index contributed by atoms with van der Waals surface area (Å²) in [5, 5.41) is 6.24. The predicted octanol–water partition coefficient (Wildman–Crippen LogP) is 1.49. The predicted molar refractivity (Wildman–Crippen MR) is 99.9 cm³/mol. The van der Waals surface area contributed by atoms with Crippen LogP contribution in [0.4, 0.5) is 0 Å². The van der Waals surface area contributed by atoms with Crippen LogP contribution in [0.3, 0.4) is 0 Å². The van der Waals surface area contributed by atoms with Crippen molar-refractivity contribution in [3.8, 4) is 0 Å². The van der Waals surface area contributed by atoms with Gasteiger partial charge >= 0.3 is 0 Å². The van der Waals surface area contributed by atoms with Crippen molar-refractivity contribution in [3.63, 3.8) is 0 Å². The number of hydrogen-bond donors (Lipinski definition) is 2. The maximum atomic E-state index is 11.5. The smallest absolute Gasteiger partial charge is 0.191 e. The number of rotatable bonds is 11. The molecule has 0 saturated heterocycles. The van der Waals surface area contributed by atoms with Gasteiger partial charge in [0.2, 0.25) is 0 Å². The molecular formula is C16H36N4O2S. The molecule has 0 spiro atoms. The van der Waals surface area contributed by atoms with Crippen molar-refractivity contribution in [2.75, 3.05) is 37.7 Å². The summed E-state index contributed by atoms with van der Waals surface area (Å²) >= 11 is 0. The molecule has 0 radical (unpaired) electrons. The number of guanidine groups is 1. The minimum absolute atomic E-state index is 0.141. The van der Waals surface area contributed by atoms with Gasteiger partial charge in [-0.15, -0.1) is 0 Å². The summed E-state index contributed by atoms with van der Waals surface area (Å²) in [6.45, 7) is 15.4. The number of nitrogens with one attached hydrogen (secondary N) is 2. The number of nitrogens with zero attached hydrogens (tertiary/aromatic N) is 2. The molecule has 0 amide bonds. The molecule has 0 aliphatic heterocycles. The minimum Gasteiger partial charge on any atom is -0.357 e. The third-order valence-electron chi connectivity index (χ3n) is 3.66. The highest BCUT2D eigenvalue weighted by Gasteiger charge is 2.12. The summed E-state index contributed by atoms with van der Waals surface area (Å²) in [7, 11) is -2.94. The summed E-state index contributed by atoms with van der Waals surface area (Å²) in [4.78, 5) is 6.97. The van der Waals surface area contributed by atoms with E-state index in [1.807, 2.05) is 6.92 Å². The third kappa shape index (κ3) is 10.5. The van der Waals surface area contributed by atoms with Crippen LogP contribution in [0.1, 0.15) is 48.0 Å². The van der Waals surface area contributed by atoms with E-state index in [1.54, 1.807) is 6.92 Å². The summed E-state index contributed by atoms with van der Waals surface area (Å²) < 4.78 is 23.0.